The third-order valence-corrected chi connectivity index (χ3v) is 8.98. The number of ether oxygens (including phenoxy) is 1. The Morgan fingerprint density at radius 1 is 0.943 bits per heavy atom. The van der Waals surface area contributed by atoms with Crippen LogP contribution in [-0.4, -0.2) is 21.2 Å². The van der Waals surface area contributed by atoms with Gasteiger partial charge in [0.25, 0.3) is 10.0 Å². The van der Waals surface area contributed by atoms with E-state index in [2.05, 4.69) is 42.6 Å². The zero-order chi connectivity index (χ0) is 24.6. The Kier molecular flexibility index (Phi) is 4.52. The molecule has 2 aliphatic heterocycles. The summed E-state index contributed by atoms with van der Waals surface area (Å²) in [4.78, 5) is 2.21. The molecule has 6 rings (SSSR count). The molecule has 35 heavy (non-hydrogen) atoms. The Bertz CT molecular complexity index is 1600. The van der Waals surface area contributed by atoms with Crippen molar-refractivity contribution in [1.82, 2.24) is 0 Å². The molecule has 0 saturated carbocycles. The Balaban J connectivity index is 1.48. The average molecular weight is 489 g/mol. The Morgan fingerprint density at radius 2 is 1.60 bits per heavy atom. The van der Waals surface area contributed by atoms with Crippen molar-refractivity contribution in [3.63, 3.8) is 0 Å². The highest BCUT2D eigenvalue weighted by atomic mass is 32.2. The molecule has 1 N–H and O–H groups in total. The van der Waals surface area contributed by atoms with Gasteiger partial charge in [-0.15, -0.1) is 0 Å². The molecule has 4 aromatic rings. The molecule has 2 heterocycles. The molecule has 4 aromatic carbocycles. The van der Waals surface area contributed by atoms with Gasteiger partial charge in [0, 0.05) is 35.5 Å². The van der Waals surface area contributed by atoms with E-state index in [1.807, 2.05) is 42.5 Å². The predicted octanol–water partition coefficient (Wildman–Crippen LogP) is 5.84. The molecule has 5 nitrogen and oxygen atoms in total. The second kappa shape index (κ2) is 7.21. The van der Waals surface area contributed by atoms with Crippen LogP contribution >= 0.6 is 0 Å². The number of para-hydroxylation sites is 1. The second-order valence-electron chi connectivity index (χ2n) is 9.78. The van der Waals surface area contributed by atoms with E-state index in [1.54, 1.807) is 0 Å². The lowest BCUT2D eigenvalue weighted by Gasteiger charge is -2.42. The SMILES string of the molecule is CN1c2ccccc2C(C)(C)C12Cc1cc(NS(=O)(=O)c3ccc(F)cc3)c3ccccc3c1O2. The van der Waals surface area contributed by atoms with Gasteiger partial charge in [-0.3, -0.25) is 4.72 Å². The summed E-state index contributed by atoms with van der Waals surface area (Å²) in [5.41, 5.74) is 2.81. The lowest BCUT2D eigenvalue weighted by atomic mass is 9.76. The van der Waals surface area contributed by atoms with Gasteiger partial charge in [0.2, 0.25) is 0 Å². The van der Waals surface area contributed by atoms with E-state index in [9.17, 15) is 12.8 Å². The van der Waals surface area contributed by atoms with Gasteiger partial charge in [0.1, 0.15) is 11.6 Å². The zero-order valence-corrected chi connectivity index (χ0v) is 20.5. The highest BCUT2D eigenvalue weighted by Crippen LogP contribution is 2.57. The normalized spacial score (nSPS) is 20.1. The largest absolute Gasteiger partial charge is 0.466 e. The number of hydrogen-bond acceptors (Lipinski definition) is 4. The zero-order valence-electron chi connectivity index (χ0n) is 19.7. The van der Waals surface area contributed by atoms with Crippen molar-refractivity contribution in [2.75, 3.05) is 16.7 Å². The Labute approximate surface area is 204 Å². The average Bonchev–Trinajstić information content (AvgIpc) is 3.31. The fourth-order valence-corrected chi connectivity index (χ4v) is 6.75. The minimum atomic E-state index is -3.91. The molecule has 0 aromatic heterocycles. The van der Waals surface area contributed by atoms with Gasteiger partial charge in [-0.05, 0) is 55.8 Å². The molecule has 0 fully saturated rings. The summed E-state index contributed by atoms with van der Waals surface area (Å²) in [6, 6.07) is 22.7. The molecule has 178 valence electrons. The van der Waals surface area contributed by atoms with Crippen molar-refractivity contribution < 1.29 is 17.5 Å². The van der Waals surface area contributed by atoms with E-state index < -0.39 is 21.6 Å². The standard InChI is InChI=1S/C28H25FN2O3S/c1-27(2)23-10-6-7-11-25(23)31(3)28(27)17-18-16-24(21-8-4-5-9-22(21)26(18)34-28)30-35(32,33)20-14-12-19(29)13-15-20/h4-16,30H,17H2,1-3H3. The smallest absolute Gasteiger partial charge is 0.261 e. The molecule has 0 saturated heterocycles. The van der Waals surface area contributed by atoms with Crippen molar-refractivity contribution in [1.29, 1.82) is 0 Å². The van der Waals surface area contributed by atoms with Gasteiger partial charge in [0.15, 0.2) is 5.72 Å². The molecule has 1 unspecified atom stereocenters. The number of hydrogen-bond donors (Lipinski definition) is 1. The molecule has 1 atom stereocenters. The number of benzene rings is 4. The maximum Gasteiger partial charge on any atom is 0.261 e. The van der Waals surface area contributed by atoms with Crippen molar-refractivity contribution in [3.8, 4) is 5.75 Å². The lowest BCUT2D eigenvalue weighted by Crippen LogP contribution is -2.58. The van der Waals surface area contributed by atoms with Crippen molar-refractivity contribution >= 4 is 32.2 Å². The maximum absolute atomic E-state index is 13.4. The Hall–Kier alpha value is -3.58. The molecule has 2 aliphatic rings. The van der Waals surface area contributed by atoms with Crippen molar-refractivity contribution in [2.45, 2.75) is 36.3 Å². The number of halogens is 1. The van der Waals surface area contributed by atoms with Gasteiger partial charge in [-0.1, -0.05) is 42.5 Å². The van der Waals surface area contributed by atoms with Crippen LogP contribution in [0.3, 0.4) is 0 Å². The number of nitrogens with zero attached hydrogens (tertiary/aromatic N) is 1. The van der Waals surface area contributed by atoms with Crippen LogP contribution in [0.5, 0.6) is 5.75 Å². The first kappa shape index (κ1) is 21.9. The molecule has 0 radical (unpaired) electrons. The van der Waals surface area contributed by atoms with Crippen LogP contribution in [0.2, 0.25) is 0 Å². The first-order valence-electron chi connectivity index (χ1n) is 11.5. The Morgan fingerprint density at radius 3 is 2.31 bits per heavy atom. The fourth-order valence-electron chi connectivity index (χ4n) is 5.68. The van der Waals surface area contributed by atoms with Crippen molar-refractivity contribution in [2.24, 2.45) is 0 Å². The lowest BCUT2D eigenvalue weighted by molar-refractivity contribution is 0.0362. The summed E-state index contributed by atoms with van der Waals surface area (Å²) in [5.74, 6) is 0.289. The maximum atomic E-state index is 13.4. The molecule has 0 bridgehead atoms. The van der Waals surface area contributed by atoms with Crippen LogP contribution in [-0.2, 0) is 21.9 Å². The molecular weight excluding hydrogens is 463 g/mol. The van der Waals surface area contributed by atoms with Gasteiger partial charge >= 0.3 is 0 Å². The first-order chi connectivity index (χ1) is 16.6. The predicted molar refractivity (Wildman–Crippen MR) is 136 cm³/mol. The fraction of sp³-hybridized carbons (Fsp3) is 0.214. The topological polar surface area (TPSA) is 58.6 Å². The quantitative estimate of drug-likeness (QED) is 0.394. The highest BCUT2D eigenvalue weighted by Gasteiger charge is 2.60. The molecule has 1 spiro atoms. The summed E-state index contributed by atoms with van der Waals surface area (Å²) in [7, 11) is -1.86. The van der Waals surface area contributed by atoms with E-state index >= 15 is 0 Å². The summed E-state index contributed by atoms with van der Waals surface area (Å²) in [6.45, 7) is 4.39. The van der Waals surface area contributed by atoms with Gasteiger partial charge in [-0.2, -0.15) is 0 Å². The molecule has 0 amide bonds. The minimum Gasteiger partial charge on any atom is -0.466 e. The van der Waals surface area contributed by atoms with Crippen LogP contribution in [0.1, 0.15) is 25.0 Å². The van der Waals surface area contributed by atoms with Crippen molar-refractivity contribution in [3.05, 3.63) is 95.8 Å². The van der Waals surface area contributed by atoms with E-state index in [-0.39, 0.29) is 10.3 Å². The number of fused-ring (bicyclic) bond motifs is 4. The number of rotatable bonds is 3. The summed E-state index contributed by atoms with van der Waals surface area (Å²) >= 11 is 0. The van der Waals surface area contributed by atoms with E-state index in [4.69, 9.17) is 4.74 Å². The van der Waals surface area contributed by atoms with Gasteiger partial charge in [-0.25, -0.2) is 12.8 Å². The van der Waals surface area contributed by atoms with E-state index in [0.717, 1.165) is 39.9 Å². The number of sulfonamides is 1. The number of nitrogens with one attached hydrogen (secondary N) is 1. The number of likely N-dealkylation sites (N-methyl/N-ethyl adjacent to an activating group) is 1. The summed E-state index contributed by atoms with van der Waals surface area (Å²) in [5, 5.41) is 1.59. The summed E-state index contributed by atoms with van der Waals surface area (Å²) < 4.78 is 49.2. The van der Waals surface area contributed by atoms with Crippen LogP contribution in [0.15, 0.2) is 83.8 Å². The van der Waals surface area contributed by atoms with Crippen LogP contribution in [0, 0.1) is 5.82 Å². The monoisotopic (exact) mass is 488 g/mol. The molecule has 0 aliphatic carbocycles. The second-order valence-corrected chi connectivity index (χ2v) is 11.5. The van der Waals surface area contributed by atoms with E-state index in [1.165, 1.54) is 17.7 Å². The molecular formula is C28H25FN2O3S. The van der Waals surface area contributed by atoms with Gasteiger partial charge in [0.05, 0.1) is 16.0 Å². The number of anilines is 2. The van der Waals surface area contributed by atoms with E-state index in [0.29, 0.717) is 12.1 Å². The molecule has 7 heteroatoms. The van der Waals surface area contributed by atoms with Crippen LogP contribution in [0.25, 0.3) is 10.8 Å². The third-order valence-electron chi connectivity index (χ3n) is 7.60. The van der Waals surface area contributed by atoms with Gasteiger partial charge < -0.3 is 9.64 Å². The van der Waals surface area contributed by atoms with Crippen LogP contribution in [0.4, 0.5) is 15.8 Å². The first-order valence-corrected chi connectivity index (χ1v) is 13.0. The van der Waals surface area contributed by atoms with Crippen LogP contribution < -0.4 is 14.4 Å². The minimum absolute atomic E-state index is 0.00306. The highest BCUT2D eigenvalue weighted by molar-refractivity contribution is 7.92. The third kappa shape index (κ3) is 3.01. The summed E-state index contributed by atoms with van der Waals surface area (Å²) in [6.07, 6.45) is 0.594.